The lowest BCUT2D eigenvalue weighted by Crippen LogP contribution is -2.54. The van der Waals surface area contributed by atoms with Crippen LogP contribution in [0, 0.1) is 0 Å². The van der Waals surface area contributed by atoms with Crippen LogP contribution in [0.3, 0.4) is 0 Å². The zero-order valence-corrected chi connectivity index (χ0v) is 21.2. The fourth-order valence-corrected chi connectivity index (χ4v) is 4.96. The Kier molecular flexibility index (Phi) is 7.17. The van der Waals surface area contributed by atoms with Crippen LogP contribution in [0.2, 0.25) is 0 Å². The molecule has 2 aromatic carbocycles. The maximum absolute atomic E-state index is 13.3. The number of amides is 2. The van der Waals surface area contributed by atoms with Crippen LogP contribution in [0.25, 0.3) is 6.08 Å². The molecule has 0 saturated carbocycles. The summed E-state index contributed by atoms with van der Waals surface area (Å²) >= 11 is 10.2. The number of benzene rings is 2. The molecule has 0 radical (unpaired) electrons. The highest BCUT2D eigenvalue weighted by Gasteiger charge is 2.35. The van der Waals surface area contributed by atoms with Crippen molar-refractivity contribution < 1.29 is 14.0 Å². The van der Waals surface area contributed by atoms with Gasteiger partial charge in [-0.05, 0) is 82.5 Å². The molecule has 33 heavy (non-hydrogen) atoms. The van der Waals surface area contributed by atoms with Gasteiger partial charge in [0, 0.05) is 4.90 Å². The first-order valence-corrected chi connectivity index (χ1v) is 12.4. The van der Waals surface area contributed by atoms with Crippen LogP contribution >= 0.6 is 39.9 Å². The number of anilines is 1. The number of carbonyl (C=O) groups is 2. The molecule has 3 aromatic rings. The standard InChI is InChI=1S/C25H21BrN2O3S2/c1-3-15(2)16-9-11-17(12-10-16)28-23(30)20(22(29)27-25(28)32)13-18-14-21(26)24(31-18)33-19-7-5-4-6-8-19/h4-15H,3H2,1-2H3,(H,27,29,32)/b20-13+/t15-/m1/s1. The van der Waals surface area contributed by atoms with Crippen LogP contribution < -0.4 is 10.2 Å². The second-order valence-corrected chi connectivity index (χ2v) is 9.85. The molecule has 0 bridgehead atoms. The number of hydrogen-bond donors (Lipinski definition) is 1. The zero-order valence-electron chi connectivity index (χ0n) is 18.0. The Hall–Kier alpha value is -2.68. The van der Waals surface area contributed by atoms with Crippen molar-refractivity contribution in [2.24, 2.45) is 0 Å². The molecule has 1 aliphatic rings. The minimum Gasteiger partial charge on any atom is -0.449 e. The van der Waals surface area contributed by atoms with Crippen molar-refractivity contribution in [3.8, 4) is 0 Å². The molecule has 4 rings (SSSR count). The van der Waals surface area contributed by atoms with Crippen LogP contribution in [-0.2, 0) is 9.59 Å². The van der Waals surface area contributed by atoms with Gasteiger partial charge in [-0.2, -0.15) is 0 Å². The quantitative estimate of drug-likeness (QED) is 0.218. The number of rotatable bonds is 6. The highest BCUT2D eigenvalue weighted by Crippen LogP contribution is 2.36. The van der Waals surface area contributed by atoms with E-state index in [-0.39, 0.29) is 10.7 Å². The monoisotopic (exact) mass is 540 g/mol. The molecule has 5 nitrogen and oxygen atoms in total. The predicted molar refractivity (Wildman–Crippen MR) is 138 cm³/mol. The Morgan fingerprint density at radius 1 is 1.15 bits per heavy atom. The third-order valence-corrected chi connectivity index (χ3v) is 7.48. The lowest BCUT2D eigenvalue weighted by Gasteiger charge is -2.29. The van der Waals surface area contributed by atoms with Crippen molar-refractivity contribution in [2.45, 2.75) is 36.2 Å². The largest absolute Gasteiger partial charge is 0.449 e. The van der Waals surface area contributed by atoms with E-state index in [0.29, 0.717) is 22.5 Å². The van der Waals surface area contributed by atoms with Crippen molar-refractivity contribution in [2.75, 3.05) is 4.90 Å². The molecule has 2 heterocycles. The molecule has 1 fully saturated rings. The summed E-state index contributed by atoms with van der Waals surface area (Å²) in [6.45, 7) is 4.28. The summed E-state index contributed by atoms with van der Waals surface area (Å²) in [5, 5.41) is 3.29. The van der Waals surface area contributed by atoms with Crippen molar-refractivity contribution >= 4 is 68.6 Å². The summed E-state index contributed by atoms with van der Waals surface area (Å²) in [4.78, 5) is 28.2. The molecular formula is C25H21BrN2O3S2. The highest BCUT2D eigenvalue weighted by atomic mass is 79.9. The molecule has 1 atom stereocenters. The summed E-state index contributed by atoms with van der Waals surface area (Å²) in [7, 11) is 0. The Balaban J connectivity index is 1.61. The van der Waals surface area contributed by atoms with Gasteiger partial charge in [-0.3, -0.25) is 19.8 Å². The van der Waals surface area contributed by atoms with E-state index in [1.165, 1.54) is 28.3 Å². The summed E-state index contributed by atoms with van der Waals surface area (Å²) < 4.78 is 6.63. The first kappa shape index (κ1) is 23.5. The van der Waals surface area contributed by atoms with Gasteiger partial charge in [-0.15, -0.1) is 0 Å². The van der Waals surface area contributed by atoms with Crippen molar-refractivity contribution in [3.05, 3.63) is 82.0 Å². The Morgan fingerprint density at radius 2 is 1.85 bits per heavy atom. The first-order chi connectivity index (χ1) is 15.9. The number of hydrogen-bond acceptors (Lipinski definition) is 5. The molecule has 0 spiro atoms. The van der Waals surface area contributed by atoms with Gasteiger partial charge in [0.15, 0.2) is 10.2 Å². The fraction of sp³-hybridized carbons (Fsp3) is 0.160. The second-order valence-electron chi connectivity index (χ2n) is 7.56. The highest BCUT2D eigenvalue weighted by molar-refractivity contribution is 9.10. The lowest BCUT2D eigenvalue weighted by atomic mass is 9.98. The van der Waals surface area contributed by atoms with E-state index < -0.39 is 11.8 Å². The molecule has 2 amide bonds. The maximum atomic E-state index is 13.3. The Bertz CT molecular complexity index is 1240. The number of halogens is 1. The number of furan rings is 1. The molecule has 0 aliphatic carbocycles. The van der Waals surface area contributed by atoms with E-state index in [1.807, 2.05) is 54.6 Å². The van der Waals surface area contributed by atoms with E-state index in [0.717, 1.165) is 15.8 Å². The molecule has 1 saturated heterocycles. The smallest absolute Gasteiger partial charge is 0.270 e. The minimum absolute atomic E-state index is 0.0490. The van der Waals surface area contributed by atoms with Gasteiger partial charge in [0.25, 0.3) is 11.8 Å². The topological polar surface area (TPSA) is 62.6 Å². The summed E-state index contributed by atoms with van der Waals surface area (Å²) in [5.74, 6) is -0.246. The molecule has 1 aromatic heterocycles. The van der Waals surface area contributed by atoms with Gasteiger partial charge >= 0.3 is 0 Å². The van der Waals surface area contributed by atoms with Crippen molar-refractivity contribution in [1.29, 1.82) is 0 Å². The third-order valence-electron chi connectivity index (χ3n) is 5.35. The van der Waals surface area contributed by atoms with E-state index in [1.54, 1.807) is 6.07 Å². The maximum Gasteiger partial charge on any atom is 0.270 e. The average molecular weight is 541 g/mol. The van der Waals surface area contributed by atoms with Gasteiger partial charge in [0.2, 0.25) is 0 Å². The Labute approximate surface area is 210 Å². The van der Waals surface area contributed by atoms with Gasteiger partial charge in [-0.25, -0.2) is 0 Å². The van der Waals surface area contributed by atoms with Crippen molar-refractivity contribution in [3.63, 3.8) is 0 Å². The van der Waals surface area contributed by atoms with Crippen LogP contribution in [0.1, 0.15) is 37.5 Å². The van der Waals surface area contributed by atoms with E-state index >= 15 is 0 Å². The van der Waals surface area contributed by atoms with Crippen LogP contribution in [0.5, 0.6) is 0 Å². The average Bonchev–Trinajstić information content (AvgIpc) is 3.15. The Morgan fingerprint density at radius 3 is 2.52 bits per heavy atom. The van der Waals surface area contributed by atoms with Crippen LogP contribution in [-0.4, -0.2) is 16.9 Å². The summed E-state index contributed by atoms with van der Waals surface area (Å²) in [6, 6.07) is 19.2. The molecule has 1 N–H and O–H groups in total. The fourth-order valence-electron chi connectivity index (χ4n) is 3.33. The second kappa shape index (κ2) is 10.1. The van der Waals surface area contributed by atoms with E-state index in [4.69, 9.17) is 16.6 Å². The molecule has 8 heteroatoms. The number of thiocarbonyl (C=S) groups is 1. The van der Waals surface area contributed by atoms with E-state index in [9.17, 15) is 9.59 Å². The van der Waals surface area contributed by atoms with E-state index in [2.05, 4.69) is 35.1 Å². The van der Waals surface area contributed by atoms with Gasteiger partial charge in [0.05, 0.1) is 10.2 Å². The first-order valence-electron chi connectivity index (χ1n) is 10.4. The number of nitrogens with one attached hydrogen (secondary N) is 1. The molecule has 0 unspecified atom stereocenters. The van der Waals surface area contributed by atoms with Crippen LogP contribution in [0.15, 0.2) is 85.1 Å². The summed E-state index contributed by atoms with van der Waals surface area (Å²) in [6.07, 6.45) is 2.46. The minimum atomic E-state index is -0.553. The van der Waals surface area contributed by atoms with Crippen molar-refractivity contribution in [1.82, 2.24) is 5.32 Å². The molecule has 168 valence electrons. The lowest BCUT2D eigenvalue weighted by molar-refractivity contribution is -0.122. The number of carbonyl (C=O) groups excluding carboxylic acids is 2. The summed E-state index contributed by atoms with van der Waals surface area (Å²) in [5.41, 5.74) is 1.73. The predicted octanol–water partition coefficient (Wildman–Crippen LogP) is 6.54. The zero-order chi connectivity index (χ0) is 23.5. The number of nitrogens with zero attached hydrogens (tertiary/aromatic N) is 1. The normalized spacial score (nSPS) is 16.3. The van der Waals surface area contributed by atoms with Gasteiger partial charge in [-0.1, -0.05) is 55.9 Å². The molecular weight excluding hydrogens is 520 g/mol. The van der Waals surface area contributed by atoms with Crippen LogP contribution in [0.4, 0.5) is 5.69 Å². The van der Waals surface area contributed by atoms with Gasteiger partial charge in [0.1, 0.15) is 11.3 Å². The van der Waals surface area contributed by atoms with Gasteiger partial charge < -0.3 is 4.42 Å². The third kappa shape index (κ3) is 5.13. The SMILES string of the molecule is CC[C@@H](C)c1ccc(N2C(=O)/C(=C/c3cc(Br)c(Sc4ccccc4)o3)C(=O)NC2=S)cc1. The molecule has 1 aliphatic heterocycles.